The fourth-order valence-electron chi connectivity index (χ4n) is 4.67. The number of carbonyl (C=O) groups is 1. The average molecular weight is 371 g/mol. The zero-order valence-corrected chi connectivity index (χ0v) is 16.4. The molecule has 1 amide bonds. The van der Waals surface area contributed by atoms with Crippen LogP contribution in [0.25, 0.3) is 0 Å². The molecule has 1 N–H and O–H groups in total. The molecule has 4 heterocycles. The molecule has 2 aliphatic rings. The molecule has 0 unspecified atom stereocenters. The topological polar surface area (TPSA) is 82.9 Å². The number of H-pyrrole nitrogens is 1. The van der Waals surface area contributed by atoms with Crippen molar-refractivity contribution in [3.63, 3.8) is 0 Å². The first kappa shape index (κ1) is 18.2. The summed E-state index contributed by atoms with van der Waals surface area (Å²) in [6.45, 7) is 10.0. The number of nitrogens with one attached hydrogen (secondary N) is 1. The minimum atomic E-state index is -0.319. The van der Waals surface area contributed by atoms with E-state index in [0.29, 0.717) is 5.92 Å². The van der Waals surface area contributed by atoms with Crippen LogP contribution in [0.3, 0.4) is 0 Å². The molecule has 8 nitrogen and oxygen atoms in total. The fraction of sp³-hybridized carbons (Fsp3) is 0.684. The lowest BCUT2D eigenvalue weighted by molar-refractivity contribution is -0.138. The van der Waals surface area contributed by atoms with E-state index in [1.165, 1.54) is 17.7 Å². The van der Waals surface area contributed by atoms with Gasteiger partial charge in [-0.05, 0) is 25.7 Å². The van der Waals surface area contributed by atoms with Crippen molar-refractivity contribution in [2.24, 2.45) is 5.92 Å². The molecule has 0 aromatic carbocycles. The molecule has 8 heteroatoms. The maximum atomic E-state index is 12.9. The van der Waals surface area contributed by atoms with E-state index in [4.69, 9.17) is 4.98 Å². The lowest BCUT2D eigenvalue weighted by Gasteiger charge is -2.51. The van der Waals surface area contributed by atoms with Gasteiger partial charge in [-0.1, -0.05) is 13.8 Å². The van der Waals surface area contributed by atoms with Crippen molar-refractivity contribution in [1.29, 1.82) is 0 Å². The number of hydrogen-bond acceptors (Lipinski definition) is 5. The number of likely N-dealkylation sites (tertiary alicyclic amines) is 1. The van der Waals surface area contributed by atoms with Crippen LogP contribution in [0, 0.1) is 5.92 Å². The molecule has 2 aromatic rings. The van der Waals surface area contributed by atoms with Crippen molar-refractivity contribution in [2.45, 2.75) is 51.6 Å². The van der Waals surface area contributed by atoms with Crippen LogP contribution in [0.15, 0.2) is 19.0 Å². The highest BCUT2D eigenvalue weighted by Crippen LogP contribution is 2.42. The van der Waals surface area contributed by atoms with Crippen LogP contribution < -0.4 is 0 Å². The predicted octanol–water partition coefficient (Wildman–Crippen LogP) is 1.59. The van der Waals surface area contributed by atoms with Gasteiger partial charge in [0.1, 0.15) is 18.7 Å². The highest BCUT2D eigenvalue weighted by Gasteiger charge is 2.47. The summed E-state index contributed by atoms with van der Waals surface area (Å²) in [6.07, 6.45) is 7.78. The smallest absolute Gasteiger partial charge is 0.247 e. The summed E-state index contributed by atoms with van der Waals surface area (Å²) in [7, 11) is 0. The Morgan fingerprint density at radius 2 is 2.04 bits per heavy atom. The molecule has 1 saturated heterocycles. The van der Waals surface area contributed by atoms with Crippen molar-refractivity contribution in [2.75, 3.05) is 26.2 Å². The van der Waals surface area contributed by atoms with Gasteiger partial charge in [-0.15, -0.1) is 0 Å². The molecule has 0 saturated carbocycles. The Morgan fingerprint density at radius 3 is 2.70 bits per heavy atom. The lowest BCUT2D eigenvalue weighted by Crippen LogP contribution is -2.58. The number of piperidine rings is 1. The minimum Gasteiger partial charge on any atom is -0.348 e. The second-order valence-electron chi connectivity index (χ2n) is 8.23. The van der Waals surface area contributed by atoms with E-state index in [-0.39, 0.29) is 17.5 Å². The molecular formula is C19H29N7O. The van der Waals surface area contributed by atoms with Crippen molar-refractivity contribution < 1.29 is 4.79 Å². The number of fused-ring (bicyclic) bond motifs is 2. The first-order chi connectivity index (χ1) is 13.0. The van der Waals surface area contributed by atoms with Crippen molar-refractivity contribution in [1.82, 2.24) is 34.5 Å². The van der Waals surface area contributed by atoms with Crippen LogP contribution in [0.4, 0.5) is 0 Å². The lowest BCUT2D eigenvalue weighted by atomic mass is 9.78. The number of amides is 1. The van der Waals surface area contributed by atoms with Crippen LogP contribution in [0.1, 0.15) is 51.0 Å². The maximum Gasteiger partial charge on any atom is 0.247 e. The third-order valence-electron chi connectivity index (χ3n) is 6.07. The number of aromatic amines is 1. The zero-order chi connectivity index (χ0) is 19.0. The molecular weight excluding hydrogens is 342 g/mol. The normalized spacial score (nSPS) is 20.8. The summed E-state index contributed by atoms with van der Waals surface area (Å²) in [5, 5.41) is 4.12. The largest absolute Gasteiger partial charge is 0.348 e. The number of carbonyl (C=O) groups excluding carboxylic acids is 1. The second kappa shape index (κ2) is 7.07. The Morgan fingerprint density at radius 1 is 1.26 bits per heavy atom. The van der Waals surface area contributed by atoms with Gasteiger partial charge in [-0.3, -0.25) is 9.69 Å². The molecule has 146 valence electrons. The van der Waals surface area contributed by atoms with Crippen LogP contribution in [0.2, 0.25) is 0 Å². The quantitative estimate of drug-likeness (QED) is 0.883. The molecule has 0 bridgehead atoms. The second-order valence-corrected chi connectivity index (χ2v) is 8.23. The van der Waals surface area contributed by atoms with Gasteiger partial charge in [-0.25, -0.2) is 14.6 Å². The molecule has 27 heavy (non-hydrogen) atoms. The van der Waals surface area contributed by atoms with Crippen molar-refractivity contribution >= 4 is 5.91 Å². The highest BCUT2D eigenvalue weighted by molar-refractivity contribution is 5.80. The molecule has 4 rings (SSSR count). The van der Waals surface area contributed by atoms with E-state index in [1.807, 2.05) is 18.2 Å². The number of nitrogens with zero attached hydrogens (tertiary/aromatic N) is 6. The van der Waals surface area contributed by atoms with E-state index in [1.54, 1.807) is 11.0 Å². The van der Waals surface area contributed by atoms with Gasteiger partial charge in [0, 0.05) is 38.3 Å². The molecule has 0 aliphatic carbocycles. The van der Waals surface area contributed by atoms with Crippen molar-refractivity contribution in [3.05, 3.63) is 30.4 Å². The molecule has 1 atom stereocenters. The van der Waals surface area contributed by atoms with E-state index in [9.17, 15) is 4.79 Å². The summed E-state index contributed by atoms with van der Waals surface area (Å²) < 4.78 is 1.63. The summed E-state index contributed by atoms with van der Waals surface area (Å²) in [6, 6.07) is -0.319. The summed E-state index contributed by atoms with van der Waals surface area (Å²) >= 11 is 0. The fourth-order valence-corrected chi connectivity index (χ4v) is 4.67. The third kappa shape index (κ3) is 3.16. The Bertz CT molecular complexity index is 774. The van der Waals surface area contributed by atoms with Crippen LogP contribution in [0.5, 0.6) is 0 Å². The van der Waals surface area contributed by atoms with Gasteiger partial charge < -0.3 is 9.88 Å². The molecule has 0 radical (unpaired) electrons. The predicted molar refractivity (Wildman–Crippen MR) is 101 cm³/mol. The van der Waals surface area contributed by atoms with Gasteiger partial charge in [0.2, 0.25) is 5.91 Å². The zero-order valence-electron chi connectivity index (χ0n) is 16.4. The monoisotopic (exact) mass is 371 g/mol. The Hall–Kier alpha value is -2.22. The molecule has 2 aliphatic heterocycles. The van der Waals surface area contributed by atoms with Gasteiger partial charge in [-0.2, -0.15) is 5.10 Å². The van der Waals surface area contributed by atoms with E-state index >= 15 is 0 Å². The average Bonchev–Trinajstić information content (AvgIpc) is 3.35. The van der Waals surface area contributed by atoms with Gasteiger partial charge in [0.25, 0.3) is 0 Å². The van der Waals surface area contributed by atoms with Crippen LogP contribution in [-0.4, -0.2) is 66.6 Å². The standard InChI is InChI=1S/C19H29N7O/c1-14(2)10-25-7-4-16-17(22-12-21-16)19(25)5-8-24(9-6-19)18(27)15(3)26-13-20-11-23-26/h11-15H,4-10H2,1-3H3,(H,21,22)/t15-/m1/s1. The van der Waals surface area contributed by atoms with Gasteiger partial charge in [0.05, 0.1) is 17.6 Å². The number of aromatic nitrogens is 5. The highest BCUT2D eigenvalue weighted by atomic mass is 16.2. The molecule has 1 spiro atoms. The van der Waals surface area contributed by atoms with E-state index in [0.717, 1.165) is 45.4 Å². The maximum absolute atomic E-state index is 12.9. The minimum absolute atomic E-state index is 0.0505. The van der Waals surface area contributed by atoms with Gasteiger partial charge in [0.15, 0.2) is 0 Å². The molecule has 1 fully saturated rings. The van der Waals surface area contributed by atoms with E-state index < -0.39 is 0 Å². The Kier molecular flexibility index (Phi) is 4.75. The SMILES string of the molecule is CC(C)CN1CCc2[nH]cnc2C12CCN(C(=O)[C@@H](C)n1cncn1)CC2. The van der Waals surface area contributed by atoms with Crippen LogP contribution in [-0.2, 0) is 16.8 Å². The van der Waals surface area contributed by atoms with Gasteiger partial charge >= 0.3 is 0 Å². The number of imidazole rings is 1. The third-order valence-corrected chi connectivity index (χ3v) is 6.07. The first-order valence-corrected chi connectivity index (χ1v) is 9.92. The Labute approximate surface area is 160 Å². The Balaban J connectivity index is 1.53. The first-order valence-electron chi connectivity index (χ1n) is 9.92. The number of rotatable bonds is 4. The molecule has 2 aromatic heterocycles. The summed E-state index contributed by atoms with van der Waals surface area (Å²) in [5.74, 6) is 0.721. The van der Waals surface area contributed by atoms with E-state index in [2.05, 4.69) is 33.8 Å². The number of hydrogen-bond donors (Lipinski definition) is 1. The summed E-state index contributed by atoms with van der Waals surface area (Å²) in [5.41, 5.74) is 2.42. The summed E-state index contributed by atoms with van der Waals surface area (Å²) in [4.78, 5) is 29.5. The van der Waals surface area contributed by atoms with Crippen molar-refractivity contribution in [3.8, 4) is 0 Å². The van der Waals surface area contributed by atoms with Crippen LogP contribution >= 0.6 is 0 Å².